The van der Waals surface area contributed by atoms with Crippen LogP contribution in [0.4, 0.5) is 5.82 Å². The highest BCUT2D eigenvalue weighted by atomic mass is 35.5. The number of nitrogens with zero attached hydrogens (tertiary/aromatic N) is 2. The van der Waals surface area contributed by atoms with Crippen molar-refractivity contribution >= 4 is 17.4 Å². The van der Waals surface area contributed by atoms with Crippen LogP contribution in [0.25, 0.3) is 0 Å². The van der Waals surface area contributed by atoms with Crippen molar-refractivity contribution in [1.82, 2.24) is 9.97 Å². The van der Waals surface area contributed by atoms with Crippen LogP contribution in [0.1, 0.15) is 12.8 Å². The van der Waals surface area contributed by atoms with E-state index in [4.69, 9.17) is 21.1 Å². The van der Waals surface area contributed by atoms with Gasteiger partial charge < -0.3 is 14.8 Å². The van der Waals surface area contributed by atoms with Gasteiger partial charge in [-0.15, -0.1) is 0 Å². The molecule has 0 aliphatic heterocycles. The number of rotatable bonds is 9. The van der Waals surface area contributed by atoms with E-state index >= 15 is 0 Å². The summed E-state index contributed by atoms with van der Waals surface area (Å²) in [5.74, 6) is 0.755. The molecule has 1 aromatic rings. The van der Waals surface area contributed by atoms with Gasteiger partial charge in [0.25, 0.3) is 0 Å². The van der Waals surface area contributed by atoms with Crippen LogP contribution in [-0.4, -0.2) is 43.4 Å². The Balaban J connectivity index is 1.97. The smallest absolute Gasteiger partial charge is 0.134 e. The minimum atomic E-state index is 0.449. The number of unbranched alkanes of at least 4 members (excludes halogenated alkanes) is 1. The van der Waals surface area contributed by atoms with Crippen LogP contribution in [0.2, 0.25) is 5.15 Å². The lowest BCUT2D eigenvalue weighted by Crippen LogP contribution is -2.07. The highest BCUT2D eigenvalue weighted by Gasteiger charge is 1.95. The SMILES string of the molecule is COCCOCCCCNc1cc(Cl)ncn1. The molecule has 5 nitrogen and oxygen atoms in total. The number of hydrogen-bond acceptors (Lipinski definition) is 5. The maximum atomic E-state index is 5.73. The van der Waals surface area contributed by atoms with Gasteiger partial charge in [-0.1, -0.05) is 11.6 Å². The average molecular weight is 260 g/mol. The highest BCUT2D eigenvalue weighted by molar-refractivity contribution is 6.29. The van der Waals surface area contributed by atoms with E-state index in [1.54, 1.807) is 13.2 Å². The van der Waals surface area contributed by atoms with Crippen molar-refractivity contribution < 1.29 is 9.47 Å². The zero-order chi connectivity index (χ0) is 12.3. The van der Waals surface area contributed by atoms with Gasteiger partial charge >= 0.3 is 0 Å². The molecule has 0 aromatic carbocycles. The molecule has 0 spiro atoms. The molecule has 0 aliphatic carbocycles. The normalized spacial score (nSPS) is 10.5. The van der Waals surface area contributed by atoms with Crippen LogP contribution >= 0.6 is 11.6 Å². The van der Waals surface area contributed by atoms with Crippen molar-refractivity contribution in [1.29, 1.82) is 0 Å². The van der Waals surface area contributed by atoms with Crippen LogP contribution in [0.15, 0.2) is 12.4 Å². The molecule has 0 aliphatic rings. The Morgan fingerprint density at radius 3 is 2.88 bits per heavy atom. The van der Waals surface area contributed by atoms with Gasteiger partial charge in [0.1, 0.15) is 17.3 Å². The molecule has 0 saturated heterocycles. The molecule has 0 amide bonds. The number of halogens is 1. The minimum absolute atomic E-state index is 0.449. The summed E-state index contributed by atoms with van der Waals surface area (Å²) in [5, 5.41) is 3.62. The van der Waals surface area contributed by atoms with Crippen molar-refractivity contribution in [2.75, 3.05) is 38.8 Å². The summed E-state index contributed by atoms with van der Waals surface area (Å²) in [6, 6.07) is 1.71. The maximum Gasteiger partial charge on any atom is 0.134 e. The Hall–Kier alpha value is -0.910. The van der Waals surface area contributed by atoms with Crippen molar-refractivity contribution in [2.24, 2.45) is 0 Å². The number of hydrogen-bond donors (Lipinski definition) is 1. The third-order valence-corrected chi connectivity index (χ3v) is 2.29. The molecule has 0 saturated carbocycles. The number of ether oxygens (including phenoxy) is 2. The molecule has 0 unspecified atom stereocenters. The molecule has 0 radical (unpaired) electrons. The molecule has 1 rings (SSSR count). The molecule has 0 fully saturated rings. The van der Waals surface area contributed by atoms with E-state index in [0.29, 0.717) is 18.4 Å². The first kappa shape index (κ1) is 14.2. The second kappa shape index (κ2) is 9.15. The lowest BCUT2D eigenvalue weighted by Gasteiger charge is -2.06. The van der Waals surface area contributed by atoms with Crippen LogP contribution < -0.4 is 5.32 Å². The Morgan fingerprint density at radius 2 is 2.12 bits per heavy atom. The van der Waals surface area contributed by atoms with E-state index in [1.165, 1.54) is 6.33 Å². The van der Waals surface area contributed by atoms with Crippen molar-refractivity contribution in [3.63, 3.8) is 0 Å². The molecule has 1 aromatic heterocycles. The predicted octanol–water partition coefficient (Wildman–Crippen LogP) is 1.99. The topological polar surface area (TPSA) is 56.3 Å². The number of aromatic nitrogens is 2. The third-order valence-electron chi connectivity index (χ3n) is 2.09. The quantitative estimate of drug-likeness (QED) is 0.543. The number of methoxy groups -OCH3 is 1. The summed E-state index contributed by atoms with van der Waals surface area (Å²) in [4.78, 5) is 7.85. The highest BCUT2D eigenvalue weighted by Crippen LogP contribution is 2.08. The molecular formula is C11H18ClN3O2. The van der Waals surface area contributed by atoms with Crippen LogP contribution in [-0.2, 0) is 9.47 Å². The zero-order valence-electron chi connectivity index (χ0n) is 9.99. The van der Waals surface area contributed by atoms with Crippen molar-refractivity contribution in [3.8, 4) is 0 Å². The molecule has 1 N–H and O–H groups in total. The van der Waals surface area contributed by atoms with Crippen molar-refractivity contribution in [2.45, 2.75) is 12.8 Å². The summed E-state index contributed by atoms with van der Waals surface area (Å²) < 4.78 is 10.2. The third kappa shape index (κ3) is 7.10. The summed E-state index contributed by atoms with van der Waals surface area (Å²) in [5.41, 5.74) is 0. The summed E-state index contributed by atoms with van der Waals surface area (Å²) in [7, 11) is 1.67. The standard InChI is InChI=1S/C11H18ClN3O2/c1-16-6-7-17-5-3-2-4-13-11-8-10(12)14-9-15-11/h8-9H,2-7H2,1H3,(H,13,14,15). The van der Waals surface area contributed by atoms with Gasteiger partial charge in [-0.3, -0.25) is 0 Å². The van der Waals surface area contributed by atoms with Gasteiger partial charge in [0.05, 0.1) is 13.2 Å². The Labute approximate surface area is 107 Å². The molecule has 96 valence electrons. The first-order valence-corrected chi connectivity index (χ1v) is 5.99. The molecule has 0 bridgehead atoms. The van der Waals surface area contributed by atoms with Crippen molar-refractivity contribution in [3.05, 3.63) is 17.5 Å². The second-order valence-corrected chi connectivity index (χ2v) is 3.85. The van der Waals surface area contributed by atoms with Gasteiger partial charge in [0.15, 0.2) is 0 Å². The Morgan fingerprint density at radius 1 is 1.24 bits per heavy atom. The molecule has 1 heterocycles. The van der Waals surface area contributed by atoms with E-state index in [2.05, 4.69) is 15.3 Å². The Kier molecular flexibility index (Phi) is 7.62. The van der Waals surface area contributed by atoms with E-state index < -0.39 is 0 Å². The van der Waals surface area contributed by atoms with Crippen LogP contribution in [0, 0.1) is 0 Å². The predicted molar refractivity (Wildman–Crippen MR) is 67.5 cm³/mol. The lowest BCUT2D eigenvalue weighted by atomic mass is 10.3. The first-order chi connectivity index (χ1) is 8.33. The van der Waals surface area contributed by atoms with E-state index in [-0.39, 0.29) is 0 Å². The van der Waals surface area contributed by atoms with E-state index in [1.807, 2.05) is 0 Å². The molecular weight excluding hydrogens is 242 g/mol. The van der Waals surface area contributed by atoms with Crippen LogP contribution in [0.3, 0.4) is 0 Å². The maximum absolute atomic E-state index is 5.73. The van der Waals surface area contributed by atoms with E-state index in [0.717, 1.165) is 31.8 Å². The minimum Gasteiger partial charge on any atom is -0.382 e. The fourth-order valence-electron chi connectivity index (χ4n) is 1.22. The van der Waals surface area contributed by atoms with Gasteiger partial charge in [-0.25, -0.2) is 9.97 Å². The van der Waals surface area contributed by atoms with Gasteiger partial charge in [-0.2, -0.15) is 0 Å². The van der Waals surface area contributed by atoms with E-state index in [9.17, 15) is 0 Å². The zero-order valence-corrected chi connectivity index (χ0v) is 10.7. The lowest BCUT2D eigenvalue weighted by molar-refractivity contribution is 0.0691. The monoisotopic (exact) mass is 259 g/mol. The molecule has 0 atom stereocenters. The number of anilines is 1. The summed E-state index contributed by atoms with van der Waals surface area (Å²) in [6.45, 7) is 2.92. The second-order valence-electron chi connectivity index (χ2n) is 3.47. The fourth-order valence-corrected chi connectivity index (χ4v) is 1.37. The average Bonchev–Trinajstić information content (AvgIpc) is 2.33. The van der Waals surface area contributed by atoms with Gasteiger partial charge in [0.2, 0.25) is 0 Å². The molecule has 6 heteroatoms. The Bertz CT molecular complexity index is 313. The van der Waals surface area contributed by atoms with Gasteiger partial charge in [-0.05, 0) is 12.8 Å². The first-order valence-electron chi connectivity index (χ1n) is 5.61. The fraction of sp³-hybridized carbons (Fsp3) is 0.636. The molecule has 17 heavy (non-hydrogen) atoms. The summed E-state index contributed by atoms with van der Waals surface area (Å²) >= 11 is 5.73. The number of nitrogens with one attached hydrogen (secondary N) is 1. The largest absolute Gasteiger partial charge is 0.382 e. The van der Waals surface area contributed by atoms with Gasteiger partial charge in [0, 0.05) is 26.3 Å². The summed E-state index contributed by atoms with van der Waals surface area (Å²) in [6.07, 6.45) is 3.47. The van der Waals surface area contributed by atoms with Crippen LogP contribution in [0.5, 0.6) is 0 Å².